The van der Waals surface area contributed by atoms with Gasteiger partial charge in [-0.3, -0.25) is 4.79 Å². The molecule has 0 saturated carbocycles. The van der Waals surface area contributed by atoms with Crippen LogP contribution in [0.15, 0.2) is 42.5 Å². The summed E-state index contributed by atoms with van der Waals surface area (Å²) in [6, 6.07) is 13.2. The average molecular weight is 397 g/mol. The summed E-state index contributed by atoms with van der Waals surface area (Å²) < 4.78 is 16.2. The van der Waals surface area contributed by atoms with Crippen molar-refractivity contribution < 1.29 is 24.1 Å². The Bertz CT molecular complexity index is 858. The molecule has 0 spiro atoms. The van der Waals surface area contributed by atoms with Crippen LogP contribution in [0, 0.1) is 0 Å². The Balaban J connectivity index is 1.63. The van der Waals surface area contributed by atoms with Crippen LogP contribution in [0.5, 0.6) is 17.2 Å². The van der Waals surface area contributed by atoms with Gasteiger partial charge in [-0.15, -0.1) is 0 Å². The lowest BCUT2D eigenvalue weighted by Gasteiger charge is -2.44. The number of hydrogen-bond donors (Lipinski definition) is 1. The third-order valence-electron chi connectivity index (χ3n) is 6.22. The van der Waals surface area contributed by atoms with Crippen molar-refractivity contribution in [2.45, 2.75) is 43.4 Å². The van der Waals surface area contributed by atoms with Gasteiger partial charge in [0, 0.05) is 30.5 Å². The molecule has 2 aromatic carbocycles. The van der Waals surface area contributed by atoms with Gasteiger partial charge in [-0.25, -0.2) is 0 Å². The molecule has 2 aliphatic heterocycles. The van der Waals surface area contributed by atoms with Gasteiger partial charge in [-0.2, -0.15) is 0 Å². The fourth-order valence-corrected chi connectivity index (χ4v) is 4.89. The van der Waals surface area contributed by atoms with Crippen molar-refractivity contribution in [1.82, 2.24) is 4.90 Å². The second-order valence-corrected chi connectivity index (χ2v) is 7.82. The van der Waals surface area contributed by atoms with Crippen LogP contribution in [0.25, 0.3) is 0 Å². The summed E-state index contributed by atoms with van der Waals surface area (Å²) >= 11 is 0. The van der Waals surface area contributed by atoms with E-state index >= 15 is 0 Å². The van der Waals surface area contributed by atoms with Crippen LogP contribution in [0.2, 0.25) is 0 Å². The summed E-state index contributed by atoms with van der Waals surface area (Å²) in [6.07, 6.45) is 2.89. The first kappa shape index (κ1) is 19.6. The van der Waals surface area contributed by atoms with Crippen molar-refractivity contribution in [1.29, 1.82) is 0 Å². The number of carbonyl (C=O) groups excluding carboxylic acids is 1. The van der Waals surface area contributed by atoms with Crippen molar-refractivity contribution in [2.24, 2.45) is 0 Å². The molecule has 2 atom stereocenters. The van der Waals surface area contributed by atoms with Gasteiger partial charge < -0.3 is 24.2 Å². The highest BCUT2D eigenvalue weighted by molar-refractivity contribution is 5.96. The van der Waals surface area contributed by atoms with Crippen LogP contribution in [0.4, 0.5) is 0 Å². The Hall–Kier alpha value is -2.73. The zero-order valence-electron chi connectivity index (χ0n) is 17.1. The van der Waals surface area contributed by atoms with Gasteiger partial charge in [0.25, 0.3) is 5.91 Å². The molecule has 2 aliphatic rings. The number of carbonyl (C=O) groups is 1. The van der Waals surface area contributed by atoms with E-state index < -0.39 is 5.60 Å². The molecule has 2 saturated heterocycles. The summed E-state index contributed by atoms with van der Waals surface area (Å²) in [5.41, 5.74) is 0.539. The Morgan fingerprint density at radius 2 is 1.52 bits per heavy atom. The second-order valence-electron chi connectivity index (χ2n) is 7.82. The highest BCUT2D eigenvalue weighted by Gasteiger charge is 2.50. The third-order valence-corrected chi connectivity index (χ3v) is 6.22. The van der Waals surface area contributed by atoms with Gasteiger partial charge in [0.1, 0.15) is 0 Å². The minimum Gasteiger partial charge on any atom is -0.493 e. The van der Waals surface area contributed by atoms with E-state index in [0.29, 0.717) is 35.7 Å². The lowest BCUT2D eigenvalue weighted by atomic mass is 9.80. The van der Waals surface area contributed by atoms with E-state index in [1.807, 2.05) is 35.2 Å². The molecule has 2 aromatic rings. The Morgan fingerprint density at radius 1 is 0.966 bits per heavy atom. The molecular weight excluding hydrogens is 370 g/mol. The molecule has 6 nitrogen and oxygen atoms in total. The molecule has 2 fully saturated rings. The van der Waals surface area contributed by atoms with Gasteiger partial charge in [-0.05, 0) is 30.5 Å². The number of hydrogen-bond acceptors (Lipinski definition) is 5. The SMILES string of the molecule is COc1cc(C(=O)N2C3CCC2CC(O)(c2ccccc2)C3)cc(OC)c1OC. The van der Waals surface area contributed by atoms with E-state index in [0.717, 1.165) is 18.4 Å². The molecule has 2 unspecified atom stereocenters. The van der Waals surface area contributed by atoms with Crippen LogP contribution < -0.4 is 14.2 Å². The number of nitrogens with zero attached hydrogens (tertiary/aromatic N) is 1. The first-order valence-electron chi connectivity index (χ1n) is 9.91. The zero-order valence-corrected chi connectivity index (χ0v) is 17.1. The van der Waals surface area contributed by atoms with Crippen molar-refractivity contribution in [2.75, 3.05) is 21.3 Å². The van der Waals surface area contributed by atoms with Crippen molar-refractivity contribution in [3.8, 4) is 17.2 Å². The summed E-state index contributed by atoms with van der Waals surface area (Å²) in [5, 5.41) is 11.3. The highest BCUT2D eigenvalue weighted by atomic mass is 16.5. The van der Waals surface area contributed by atoms with Crippen molar-refractivity contribution in [3.63, 3.8) is 0 Å². The minimum absolute atomic E-state index is 0.00514. The number of benzene rings is 2. The molecule has 4 rings (SSSR count). The summed E-state index contributed by atoms with van der Waals surface area (Å²) in [6.45, 7) is 0. The van der Waals surface area contributed by atoms with Crippen LogP contribution in [-0.2, 0) is 5.60 Å². The molecule has 6 heteroatoms. The number of methoxy groups -OCH3 is 3. The molecule has 2 bridgehead atoms. The first-order valence-corrected chi connectivity index (χ1v) is 9.91. The fraction of sp³-hybridized carbons (Fsp3) is 0.435. The summed E-state index contributed by atoms with van der Waals surface area (Å²) in [7, 11) is 4.61. The highest BCUT2D eigenvalue weighted by Crippen LogP contribution is 2.47. The largest absolute Gasteiger partial charge is 0.493 e. The second kappa shape index (κ2) is 7.59. The van der Waals surface area contributed by atoms with Crippen LogP contribution >= 0.6 is 0 Å². The molecule has 2 heterocycles. The van der Waals surface area contributed by atoms with Gasteiger partial charge >= 0.3 is 0 Å². The van der Waals surface area contributed by atoms with Crippen molar-refractivity contribution >= 4 is 5.91 Å². The molecule has 0 aliphatic carbocycles. The van der Waals surface area contributed by atoms with E-state index in [1.54, 1.807) is 12.1 Å². The third kappa shape index (κ3) is 3.31. The minimum atomic E-state index is -0.890. The number of rotatable bonds is 5. The number of amides is 1. The van der Waals surface area contributed by atoms with Crippen LogP contribution in [0.1, 0.15) is 41.6 Å². The number of piperidine rings is 1. The normalized spacial score (nSPS) is 25.6. The molecule has 29 heavy (non-hydrogen) atoms. The van der Waals surface area contributed by atoms with Crippen LogP contribution in [0.3, 0.4) is 0 Å². The lowest BCUT2D eigenvalue weighted by Crippen LogP contribution is -2.52. The zero-order chi connectivity index (χ0) is 20.6. The van der Waals surface area contributed by atoms with E-state index in [2.05, 4.69) is 0 Å². The Labute approximate surface area is 171 Å². The molecule has 1 amide bonds. The predicted octanol–water partition coefficient (Wildman–Crippen LogP) is 3.37. The Kier molecular flexibility index (Phi) is 5.13. The molecule has 154 valence electrons. The number of ether oxygens (including phenoxy) is 3. The van der Waals surface area contributed by atoms with E-state index in [4.69, 9.17) is 14.2 Å². The van der Waals surface area contributed by atoms with Gasteiger partial charge in [0.2, 0.25) is 5.75 Å². The maximum Gasteiger partial charge on any atom is 0.254 e. The van der Waals surface area contributed by atoms with E-state index in [1.165, 1.54) is 21.3 Å². The van der Waals surface area contributed by atoms with Crippen LogP contribution in [-0.4, -0.2) is 49.3 Å². The first-order chi connectivity index (χ1) is 14.0. The fourth-order valence-electron chi connectivity index (χ4n) is 4.89. The number of fused-ring (bicyclic) bond motifs is 2. The lowest BCUT2D eigenvalue weighted by molar-refractivity contribution is -0.0479. The van der Waals surface area contributed by atoms with Gasteiger partial charge in [-0.1, -0.05) is 30.3 Å². The van der Waals surface area contributed by atoms with E-state index in [9.17, 15) is 9.90 Å². The van der Waals surface area contributed by atoms with Gasteiger partial charge in [0.05, 0.1) is 26.9 Å². The van der Waals surface area contributed by atoms with Gasteiger partial charge in [0.15, 0.2) is 11.5 Å². The monoisotopic (exact) mass is 397 g/mol. The molecular formula is C23H27NO5. The molecule has 0 radical (unpaired) electrons. The van der Waals surface area contributed by atoms with Crippen molar-refractivity contribution in [3.05, 3.63) is 53.6 Å². The average Bonchev–Trinajstić information content (AvgIpc) is 3.04. The predicted molar refractivity (Wildman–Crippen MR) is 109 cm³/mol. The molecule has 1 N–H and O–H groups in total. The Morgan fingerprint density at radius 3 is 2.00 bits per heavy atom. The molecule has 0 aromatic heterocycles. The summed E-state index contributed by atoms with van der Waals surface area (Å²) in [5.74, 6) is 1.32. The smallest absolute Gasteiger partial charge is 0.254 e. The summed E-state index contributed by atoms with van der Waals surface area (Å²) in [4.78, 5) is 15.4. The van der Waals surface area contributed by atoms with E-state index in [-0.39, 0.29) is 18.0 Å². The maximum absolute atomic E-state index is 13.4. The topological polar surface area (TPSA) is 68.2 Å². The number of aliphatic hydroxyl groups is 1. The quantitative estimate of drug-likeness (QED) is 0.838. The maximum atomic E-state index is 13.4. The standard InChI is InChI=1S/C23H27NO5/c1-27-19-11-15(12-20(28-2)21(19)29-3)22(25)24-17-9-10-18(24)14-23(26,13-17)16-7-5-4-6-8-16/h4-8,11-12,17-18,26H,9-10,13-14H2,1-3H3.